The fraction of sp³-hybridized carbons (Fsp3) is 0.0556. The molecule has 0 atom stereocenters. The molecule has 7 heteroatoms. The maximum absolute atomic E-state index is 11.9. The van der Waals surface area contributed by atoms with Crippen molar-refractivity contribution >= 4 is 39.5 Å². The third-order valence-electron chi connectivity index (χ3n) is 3.28. The van der Waals surface area contributed by atoms with Gasteiger partial charge in [-0.25, -0.2) is 0 Å². The van der Waals surface area contributed by atoms with E-state index in [1.165, 1.54) is 6.08 Å². The molecule has 0 radical (unpaired) electrons. The van der Waals surface area contributed by atoms with Crippen molar-refractivity contribution in [2.24, 2.45) is 0 Å². The van der Waals surface area contributed by atoms with Gasteiger partial charge in [-0.05, 0) is 29.8 Å². The normalized spacial score (nSPS) is 11.0. The quantitative estimate of drug-likeness (QED) is 0.620. The Bertz CT molecular complexity index is 924. The highest BCUT2D eigenvalue weighted by Crippen LogP contribution is 2.20. The molecule has 3 rings (SSSR count). The number of nitrogens with zero attached hydrogens (tertiary/aromatic N) is 2. The van der Waals surface area contributed by atoms with Crippen LogP contribution in [0.4, 0.5) is 0 Å². The van der Waals surface area contributed by atoms with Crippen LogP contribution in [0.2, 0.25) is 5.02 Å². The SMILES string of the molecule is O=C(/C=C/c1ccccc1Cl)NCc1nc(-c2cccc(Br)c2)no1. The van der Waals surface area contributed by atoms with Gasteiger partial charge in [-0.2, -0.15) is 4.98 Å². The summed E-state index contributed by atoms with van der Waals surface area (Å²) in [4.78, 5) is 16.2. The van der Waals surface area contributed by atoms with Gasteiger partial charge in [0.25, 0.3) is 0 Å². The Labute approximate surface area is 157 Å². The topological polar surface area (TPSA) is 68.0 Å². The average molecular weight is 419 g/mol. The summed E-state index contributed by atoms with van der Waals surface area (Å²) in [7, 11) is 0. The lowest BCUT2D eigenvalue weighted by molar-refractivity contribution is -0.116. The van der Waals surface area contributed by atoms with E-state index in [2.05, 4.69) is 31.4 Å². The first kappa shape index (κ1) is 17.4. The molecular weight excluding hydrogens is 406 g/mol. The highest BCUT2D eigenvalue weighted by atomic mass is 79.9. The molecular formula is C18H13BrClN3O2. The second kappa shape index (κ2) is 8.09. The van der Waals surface area contributed by atoms with E-state index < -0.39 is 0 Å². The largest absolute Gasteiger partial charge is 0.343 e. The standard InChI is InChI=1S/C18H13BrClN3O2/c19-14-6-3-5-13(10-14)18-22-17(25-23-18)11-21-16(24)9-8-12-4-1-2-7-15(12)20/h1-10H,11H2,(H,21,24)/b9-8+. The van der Waals surface area contributed by atoms with Gasteiger partial charge in [0.1, 0.15) is 0 Å². The fourth-order valence-corrected chi connectivity index (χ4v) is 2.67. The highest BCUT2D eigenvalue weighted by molar-refractivity contribution is 9.10. The van der Waals surface area contributed by atoms with Crippen molar-refractivity contribution in [1.82, 2.24) is 15.5 Å². The van der Waals surface area contributed by atoms with Crippen LogP contribution in [0.5, 0.6) is 0 Å². The Morgan fingerprint density at radius 3 is 2.88 bits per heavy atom. The van der Waals surface area contributed by atoms with Gasteiger partial charge in [0.05, 0.1) is 6.54 Å². The number of rotatable bonds is 5. The van der Waals surface area contributed by atoms with Crippen molar-refractivity contribution < 1.29 is 9.32 Å². The van der Waals surface area contributed by atoms with E-state index in [-0.39, 0.29) is 12.5 Å². The number of carbonyl (C=O) groups is 1. The van der Waals surface area contributed by atoms with Gasteiger partial charge in [-0.1, -0.05) is 63.0 Å². The van der Waals surface area contributed by atoms with Gasteiger partial charge in [0.2, 0.25) is 17.6 Å². The maximum Gasteiger partial charge on any atom is 0.246 e. The summed E-state index contributed by atoms with van der Waals surface area (Å²) < 4.78 is 6.08. The van der Waals surface area contributed by atoms with Crippen LogP contribution in [-0.2, 0) is 11.3 Å². The molecule has 0 saturated heterocycles. The van der Waals surface area contributed by atoms with Crippen molar-refractivity contribution in [2.75, 3.05) is 0 Å². The predicted molar refractivity (Wildman–Crippen MR) is 99.8 cm³/mol. The van der Waals surface area contributed by atoms with Crippen LogP contribution in [0, 0.1) is 0 Å². The first-order chi connectivity index (χ1) is 12.1. The zero-order valence-corrected chi connectivity index (χ0v) is 15.3. The summed E-state index contributed by atoms with van der Waals surface area (Å²) in [5.41, 5.74) is 1.60. The maximum atomic E-state index is 11.9. The number of nitrogens with one attached hydrogen (secondary N) is 1. The Balaban J connectivity index is 1.59. The Morgan fingerprint density at radius 1 is 1.24 bits per heavy atom. The molecule has 0 bridgehead atoms. The zero-order valence-electron chi connectivity index (χ0n) is 12.9. The molecule has 2 aromatic carbocycles. The van der Waals surface area contributed by atoms with Crippen LogP contribution >= 0.6 is 27.5 Å². The van der Waals surface area contributed by atoms with E-state index in [1.54, 1.807) is 12.1 Å². The lowest BCUT2D eigenvalue weighted by atomic mass is 10.2. The molecule has 5 nitrogen and oxygen atoms in total. The van der Waals surface area contributed by atoms with Gasteiger partial charge in [0.15, 0.2) is 0 Å². The van der Waals surface area contributed by atoms with Crippen molar-refractivity contribution in [2.45, 2.75) is 6.54 Å². The molecule has 0 unspecified atom stereocenters. The van der Waals surface area contributed by atoms with Gasteiger partial charge in [0, 0.05) is 21.1 Å². The molecule has 0 spiro atoms. The monoisotopic (exact) mass is 417 g/mol. The van der Waals surface area contributed by atoms with E-state index in [1.807, 2.05) is 42.5 Å². The van der Waals surface area contributed by atoms with Crippen LogP contribution in [-0.4, -0.2) is 16.0 Å². The second-order valence-corrected chi connectivity index (χ2v) is 6.42. The molecule has 1 amide bonds. The van der Waals surface area contributed by atoms with Crippen molar-refractivity contribution in [3.63, 3.8) is 0 Å². The predicted octanol–water partition coefficient (Wildman–Crippen LogP) is 4.48. The molecule has 1 aromatic heterocycles. The lowest BCUT2D eigenvalue weighted by Gasteiger charge is -1.98. The number of aromatic nitrogens is 2. The first-order valence-electron chi connectivity index (χ1n) is 7.41. The highest BCUT2D eigenvalue weighted by Gasteiger charge is 2.09. The molecule has 0 aliphatic heterocycles. The van der Waals surface area contributed by atoms with Crippen LogP contribution < -0.4 is 5.32 Å². The molecule has 126 valence electrons. The molecule has 1 heterocycles. The van der Waals surface area contributed by atoms with Crippen molar-refractivity contribution in [3.8, 4) is 11.4 Å². The number of halogens is 2. The van der Waals surface area contributed by atoms with E-state index >= 15 is 0 Å². The molecule has 1 N–H and O–H groups in total. The van der Waals surface area contributed by atoms with E-state index in [4.69, 9.17) is 16.1 Å². The molecule has 25 heavy (non-hydrogen) atoms. The fourth-order valence-electron chi connectivity index (χ4n) is 2.07. The minimum absolute atomic E-state index is 0.146. The molecule has 3 aromatic rings. The number of carbonyl (C=O) groups excluding carboxylic acids is 1. The number of hydrogen-bond donors (Lipinski definition) is 1. The van der Waals surface area contributed by atoms with E-state index in [0.29, 0.717) is 16.7 Å². The van der Waals surface area contributed by atoms with Gasteiger partial charge in [-0.15, -0.1) is 0 Å². The summed E-state index contributed by atoms with van der Waals surface area (Å²) >= 11 is 9.43. The van der Waals surface area contributed by atoms with Gasteiger partial charge < -0.3 is 9.84 Å². The lowest BCUT2D eigenvalue weighted by Crippen LogP contribution is -2.20. The summed E-state index contributed by atoms with van der Waals surface area (Å²) in [6, 6.07) is 14.8. The summed E-state index contributed by atoms with van der Waals surface area (Å²) in [6.45, 7) is 0.146. The number of amides is 1. The van der Waals surface area contributed by atoms with E-state index in [9.17, 15) is 4.79 Å². The Hall–Kier alpha value is -2.44. The second-order valence-electron chi connectivity index (χ2n) is 5.09. The molecule has 0 aliphatic carbocycles. The Kier molecular flexibility index (Phi) is 5.63. The third-order valence-corrected chi connectivity index (χ3v) is 4.12. The summed E-state index contributed by atoms with van der Waals surface area (Å²) in [5, 5.41) is 7.19. The van der Waals surface area contributed by atoms with E-state index in [0.717, 1.165) is 15.6 Å². The van der Waals surface area contributed by atoms with Crippen LogP contribution in [0.15, 0.2) is 63.6 Å². The van der Waals surface area contributed by atoms with Gasteiger partial charge >= 0.3 is 0 Å². The smallest absolute Gasteiger partial charge is 0.246 e. The van der Waals surface area contributed by atoms with Crippen molar-refractivity contribution in [1.29, 1.82) is 0 Å². The van der Waals surface area contributed by atoms with Crippen molar-refractivity contribution in [3.05, 3.63) is 75.6 Å². The number of benzene rings is 2. The molecule has 0 aliphatic rings. The summed E-state index contributed by atoms with van der Waals surface area (Å²) in [6.07, 6.45) is 3.06. The minimum atomic E-state index is -0.276. The first-order valence-corrected chi connectivity index (χ1v) is 8.58. The average Bonchev–Trinajstić information content (AvgIpc) is 3.08. The van der Waals surface area contributed by atoms with Gasteiger partial charge in [-0.3, -0.25) is 4.79 Å². The minimum Gasteiger partial charge on any atom is -0.343 e. The Morgan fingerprint density at radius 2 is 2.08 bits per heavy atom. The molecule has 0 fully saturated rings. The molecule has 0 saturated carbocycles. The van der Waals surface area contributed by atoms with Crippen LogP contribution in [0.3, 0.4) is 0 Å². The third kappa shape index (κ3) is 4.78. The van der Waals surface area contributed by atoms with Crippen LogP contribution in [0.1, 0.15) is 11.5 Å². The summed E-state index contributed by atoms with van der Waals surface area (Å²) in [5.74, 6) is 0.522. The zero-order chi connectivity index (χ0) is 17.6. The number of hydrogen-bond acceptors (Lipinski definition) is 4. The van der Waals surface area contributed by atoms with Crippen LogP contribution in [0.25, 0.3) is 17.5 Å².